The number of aryl methyl sites for hydroxylation is 1. The molecule has 0 aromatic heterocycles. The molecule has 3 rings (SSSR count). The van der Waals surface area contributed by atoms with Crippen molar-refractivity contribution in [2.24, 2.45) is 4.36 Å². The van der Waals surface area contributed by atoms with Crippen molar-refractivity contribution in [3.63, 3.8) is 0 Å². The summed E-state index contributed by atoms with van der Waals surface area (Å²) in [5.41, 5.74) is 3.20. The minimum Gasteiger partial charge on any atom is -0.244 e. The van der Waals surface area contributed by atoms with Crippen LogP contribution in [0.4, 0.5) is 5.69 Å². The Labute approximate surface area is 127 Å². The van der Waals surface area contributed by atoms with Crippen molar-refractivity contribution in [1.29, 1.82) is 0 Å². The van der Waals surface area contributed by atoms with Crippen molar-refractivity contribution < 1.29 is 4.21 Å². The lowest BCUT2D eigenvalue weighted by molar-refractivity contribution is 0.504. The van der Waals surface area contributed by atoms with Gasteiger partial charge in [-0.1, -0.05) is 49.7 Å². The van der Waals surface area contributed by atoms with Crippen LogP contribution in [0.15, 0.2) is 57.8 Å². The Morgan fingerprint density at radius 2 is 1.81 bits per heavy atom. The van der Waals surface area contributed by atoms with E-state index in [1.807, 2.05) is 49.4 Å². The predicted molar refractivity (Wildman–Crippen MR) is 88.6 cm³/mol. The quantitative estimate of drug-likeness (QED) is 0.780. The first-order valence-corrected chi connectivity index (χ1v) is 9.06. The molecule has 2 atom stereocenters. The van der Waals surface area contributed by atoms with Crippen LogP contribution < -0.4 is 0 Å². The number of hydrogen-bond acceptors (Lipinski definition) is 2. The van der Waals surface area contributed by atoms with E-state index in [2.05, 4.69) is 24.3 Å². The summed E-state index contributed by atoms with van der Waals surface area (Å²) < 4.78 is 18.1. The lowest BCUT2D eigenvalue weighted by Gasteiger charge is -2.35. The van der Waals surface area contributed by atoms with Crippen molar-refractivity contribution in [3.05, 3.63) is 59.7 Å². The van der Waals surface area contributed by atoms with E-state index in [0.29, 0.717) is 5.75 Å². The average molecular weight is 299 g/mol. The third-order valence-electron chi connectivity index (χ3n) is 4.48. The van der Waals surface area contributed by atoms with E-state index in [1.165, 1.54) is 11.1 Å². The van der Waals surface area contributed by atoms with Gasteiger partial charge < -0.3 is 0 Å². The summed E-state index contributed by atoms with van der Waals surface area (Å²) in [6, 6.07) is 16.1. The fourth-order valence-electron chi connectivity index (χ4n) is 2.94. The van der Waals surface area contributed by atoms with Crippen LogP contribution in [0.1, 0.15) is 31.4 Å². The second-order valence-corrected chi connectivity index (χ2v) is 8.34. The lowest BCUT2D eigenvalue weighted by atomic mass is 9.81. The fraction of sp³-hybridized carbons (Fsp3) is 0.333. The highest BCUT2D eigenvalue weighted by atomic mass is 32.2. The van der Waals surface area contributed by atoms with Crippen LogP contribution >= 0.6 is 0 Å². The van der Waals surface area contributed by atoms with Crippen molar-refractivity contribution in [1.82, 2.24) is 0 Å². The van der Waals surface area contributed by atoms with Crippen molar-refractivity contribution in [3.8, 4) is 0 Å². The lowest BCUT2D eigenvalue weighted by Crippen LogP contribution is -2.33. The molecular formula is C18H21NOS. The molecule has 0 fully saturated rings. The van der Waals surface area contributed by atoms with E-state index in [-0.39, 0.29) is 5.41 Å². The number of nitrogens with zero attached hydrogens (tertiary/aromatic N) is 1. The zero-order valence-corrected chi connectivity index (χ0v) is 13.6. The Hall–Kier alpha value is -1.61. The SMILES string of the molecule is CC[C@@]1(C)CS(=O)(c2ccc(C)cc2)=Nc2ccccc21. The number of hydrogen-bond donors (Lipinski definition) is 0. The Balaban J connectivity index is 2.23. The normalized spacial score (nSPS) is 27.8. The maximum Gasteiger partial charge on any atom is 0.0809 e. The Morgan fingerprint density at radius 1 is 1.14 bits per heavy atom. The molecular weight excluding hydrogens is 278 g/mol. The molecule has 0 bridgehead atoms. The van der Waals surface area contributed by atoms with Gasteiger partial charge in [-0.2, -0.15) is 4.36 Å². The maximum atomic E-state index is 13.5. The fourth-order valence-corrected chi connectivity index (χ4v) is 5.54. The number of rotatable bonds is 2. The molecule has 110 valence electrons. The van der Waals surface area contributed by atoms with Crippen LogP contribution in [-0.2, 0) is 15.1 Å². The van der Waals surface area contributed by atoms with Crippen molar-refractivity contribution in [2.45, 2.75) is 37.5 Å². The van der Waals surface area contributed by atoms with Crippen LogP contribution in [0.25, 0.3) is 0 Å². The number of fused-ring (bicyclic) bond motifs is 1. The zero-order valence-electron chi connectivity index (χ0n) is 12.8. The molecule has 0 saturated carbocycles. The molecule has 2 nitrogen and oxygen atoms in total. The average Bonchev–Trinajstić information content (AvgIpc) is 2.47. The molecule has 0 spiro atoms. The first kappa shape index (κ1) is 14.3. The van der Waals surface area contributed by atoms with Crippen LogP contribution in [0.3, 0.4) is 0 Å². The van der Waals surface area contributed by atoms with Crippen molar-refractivity contribution >= 4 is 15.4 Å². The predicted octanol–water partition coefficient (Wildman–Crippen LogP) is 4.83. The molecule has 0 saturated heterocycles. The molecule has 1 unspecified atom stereocenters. The highest BCUT2D eigenvalue weighted by Gasteiger charge is 2.36. The van der Waals surface area contributed by atoms with E-state index in [0.717, 1.165) is 17.0 Å². The largest absolute Gasteiger partial charge is 0.244 e. The third kappa shape index (κ3) is 2.40. The van der Waals surface area contributed by atoms with Gasteiger partial charge in [0.2, 0.25) is 0 Å². The highest BCUT2D eigenvalue weighted by Crippen LogP contribution is 2.42. The Morgan fingerprint density at radius 3 is 2.48 bits per heavy atom. The van der Waals surface area contributed by atoms with Crippen LogP contribution in [0.2, 0.25) is 0 Å². The second-order valence-electron chi connectivity index (χ2n) is 6.12. The van der Waals surface area contributed by atoms with Gasteiger partial charge in [0.1, 0.15) is 0 Å². The summed E-state index contributed by atoms with van der Waals surface area (Å²) in [5.74, 6) is 0.594. The zero-order chi connectivity index (χ0) is 15.1. The van der Waals surface area contributed by atoms with Gasteiger partial charge >= 0.3 is 0 Å². The summed E-state index contributed by atoms with van der Waals surface area (Å²) in [6.07, 6.45) is 0.961. The van der Waals surface area contributed by atoms with E-state index in [4.69, 9.17) is 0 Å². The Kier molecular flexibility index (Phi) is 3.40. The molecule has 0 N–H and O–H groups in total. The van der Waals surface area contributed by atoms with Crippen LogP contribution in [0, 0.1) is 6.92 Å². The molecule has 2 aromatic carbocycles. The van der Waals surface area contributed by atoms with Crippen molar-refractivity contribution in [2.75, 3.05) is 5.75 Å². The first-order valence-electron chi connectivity index (χ1n) is 7.38. The summed E-state index contributed by atoms with van der Waals surface area (Å²) in [7, 11) is -2.39. The van der Waals surface area contributed by atoms with Gasteiger partial charge in [0, 0.05) is 16.1 Å². The smallest absolute Gasteiger partial charge is 0.0809 e. The highest BCUT2D eigenvalue weighted by molar-refractivity contribution is 7.93. The van der Waals surface area contributed by atoms with E-state index in [9.17, 15) is 4.21 Å². The Bertz CT molecular complexity index is 785. The van der Waals surface area contributed by atoms with Gasteiger partial charge in [0.05, 0.1) is 15.4 Å². The molecule has 21 heavy (non-hydrogen) atoms. The maximum absolute atomic E-state index is 13.5. The third-order valence-corrected chi connectivity index (χ3v) is 7.01. The molecule has 0 aliphatic carbocycles. The van der Waals surface area contributed by atoms with Crippen LogP contribution in [-0.4, -0.2) is 9.96 Å². The molecule has 3 heteroatoms. The summed E-state index contributed by atoms with van der Waals surface area (Å²) in [5, 5.41) is 0. The molecule has 2 aromatic rings. The van der Waals surface area contributed by atoms with E-state index in [1.54, 1.807) is 0 Å². The topological polar surface area (TPSA) is 29.4 Å². The summed E-state index contributed by atoms with van der Waals surface area (Å²) in [4.78, 5) is 0.849. The molecule has 1 aliphatic heterocycles. The minimum atomic E-state index is -2.39. The van der Waals surface area contributed by atoms with Crippen LogP contribution in [0.5, 0.6) is 0 Å². The molecule has 0 radical (unpaired) electrons. The molecule has 1 heterocycles. The standard InChI is InChI=1S/C18H21NOS/c1-4-18(3)13-21(20,15-11-9-14(2)10-12-15)19-17-8-6-5-7-16(17)18/h5-12H,4,13H2,1-3H3/t18-,21?/m0/s1. The second kappa shape index (κ2) is 4.99. The van der Waals surface area contributed by atoms with Gasteiger partial charge in [-0.15, -0.1) is 0 Å². The van der Waals surface area contributed by atoms with Gasteiger partial charge in [0.15, 0.2) is 0 Å². The van der Waals surface area contributed by atoms with E-state index < -0.39 is 9.73 Å². The summed E-state index contributed by atoms with van der Waals surface area (Å²) in [6.45, 7) is 6.41. The molecule has 0 amide bonds. The number of benzene rings is 2. The van der Waals surface area contributed by atoms with Gasteiger partial charge in [-0.05, 0) is 37.1 Å². The van der Waals surface area contributed by atoms with Gasteiger partial charge in [-0.25, -0.2) is 4.21 Å². The van der Waals surface area contributed by atoms with Gasteiger partial charge in [0.25, 0.3) is 0 Å². The van der Waals surface area contributed by atoms with E-state index >= 15 is 0 Å². The molecule has 1 aliphatic rings. The summed E-state index contributed by atoms with van der Waals surface area (Å²) >= 11 is 0. The first-order chi connectivity index (χ1) is 9.97. The minimum absolute atomic E-state index is 0.0830. The van der Waals surface area contributed by atoms with Gasteiger partial charge in [-0.3, -0.25) is 0 Å². The monoisotopic (exact) mass is 299 g/mol.